The first-order valence-corrected chi connectivity index (χ1v) is 2.27. The fraction of sp³-hybridized carbons (Fsp3) is 0.250. The summed E-state index contributed by atoms with van der Waals surface area (Å²) < 4.78 is 0. The maximum Gasteiger partial charge on any atom is 0.171 e. The maximum absolute atomic E-state index is 5.46. The quantitative estimate of drug-likeness (QED) is 0.376. The van der Waals surface area contributed by atoms with Crippen molar-refractivity contribution in [1.82, 2.24) is 0 Å². The molecule has 1 rings (SSSR count). The lowest BCUT2D eigenvalue weighted by Crippen LogP contribution is -2.17. The van der Waals surface area contributed by atoms with Crippen LogP contribution in [-0.4, -0.2) is 20.0 Å². The van der Waals surface area contributed by atoms with Crippen LogP contribution in [0.25, 0.3) is 0 Å². The van der Waals surface area contributed by atoms with Crippen molar-refractivity contribution >= 4 is 20.0 Å². The van der Waals surface area contributed by atoms with Gasteiger partial charge in [0.15, 0.2) is 6.60 Å². The molecule has 3 heteroatoms. The molecule has 0 aromatic heterocycles. The Morgan fingerprint density at radius 3 is 2.71 bits per heavy atom. The third-order valence-electron chi connectivity index (χ3n) is 1.05. The average molecular weight is 88.7 g/mol. The van der Waals surface area contributed by atoms with Gasteiger partial charge >= 0.3 is 0 Å². The first kappa shape index (κ1) is 4.69. The molecule has 0 bridgehead atoms. The molecule has 1 aliphatic heterocycles. The summed E-state index contributed by atoms with van der Waals surface area (Å²) in [5.41, 5.74) is 1.00. The molecule has 0 aliphatic carbocycles. The topological polar surface area (TPSA) is 12.4 Å². The van der Waals surface area contributed by atoms with Gasteiger partial charge in [-0.2, -0.15) is 0 Å². The van der Waals surface area contributed by atoms with E-state index in [9.17, 15) is 0 Å². The first-order chi connectivity index (χ1) is 3.30. The zero-order valence-electron chi connectivity index (χ0n) is 4.26. The molecule has 32 valence electrons. The van der Waals surface area contributed by atoms with Crippen LogP contribution < -0.4 is 0 Å². The Labute approximate surface area is 45.0 Å². The van der Waals surface area contributed by atoms with E-state index in [0.29, 0.717) is 0 Å². The molecular weight excluding hydrogens is 83.7 g/mol. The smallest absolute Gasteiger partial charge is 0.171 e. The molecule has 2 radical (unpaired) electrons. The highest BCUT2D eigenvalue weighted by molar-refractivity contribution is 7.24. The Morgan fingerprint density at radius 1 is 1.86 bits per heavy atom. The van der Waals surface area contributed by atoms with E-state index in [1.165, 1.54) is 0 Å². The standard InChI is InChI=1S/C4H5B2N/c1-4-6(5)2-3-7-4/h2-3H,1H3. The van der Waals surface area contributed by atoms with E-state index in [4.69, 9.17) is 7.74 Å². The minimum absolute atomic E-state index is 0.0833. The summed E-state index contributed by atoms with van der Waals surface area (Å²) in [4.78, 5) is 3.93. The molecule has 0 saturated heterocycles. The lowest BCUT2D eigenvalue weighted by Gasteiger charge is -1.89. The summed E-state index contributed by atoms with van der Waals surface area (Å²) in [6, 6.07) is 0. The van der Waals surface area contributed by atoms with Crippen molar-refractivity contribution in [2.75, 3.05) is 0 Å². The van der Waals surface area contributed by atoms with Crippen LogP contribution in [-0.2, 0) is 0 Å². The lowest BCUT2D eigenvalue weighted by molar-refractivity contribution is 1.60. The zero-order valence-corrected chi connectivity index (χ0v) is 4.26. The Balaban J connectivity index is 2.69. The summed E-state index contributed by atoms with van der Waals surface area (Å²) in [7, 11) is 5.46. The van der Waals surface area contributed by atoms with Crippen molar-refractivity contribution in [2.24, 2.45) is 4.99 Å². The van der Waals surface area contributed by atoms with Crippen LogP contribution in [0.2, 0.25) is 0 Å². The van der Waals surface area contributed by atoms with Crippen molar-refractivity contribution in [2.45, 2.75) is 6.92 Å². The van der Waals surface area contributed by atoms with Crippen LogP contribution in [0.15, 0.2) is 17.2 Å². The summed E-state index contributed by atoms with van der Waals surface area (Å²) in [6.07, 6.45) is 1.74. The van der Waals surface area contributed by atoms with Gasteiger partial charge in [0.1, 0.15) is 0 Å². The second kappa shape index (κ2) is 1.57. The SMILES string of the molecule is [B]B1C=CN=C1C. The molecule has 0 saturated carbocycles. The van der Waals surface area contributed by atoms with Gasteiger partial charge in [-0.3, -0.25) is 4.99 Å². The summed E-state index contributed by atoms with van der Waals surface area (Å²) in [6.45, 7) is 2.00. The fourth-order valence-electron chi connectivity index (χ4n) is 0.479. The first-order valence-electron chi connectivity index (χ1n) is 2.27. The van der Waals surface area contributed by atoms with E-state index in [0.717, 1.165) is 5.61 Å². The predicted octanol–water partition coefficient (Wildman–Crippen LogP) is 0.213. The Bertz CT molecular complexity index is 128. The second-order valence-corrected chi connectivity index (χ2v) is 1.64. The van der Waals surface area contributed by atoms with Crippen LogP contribution >= 0.6 is 0 Å². The monoisotopic (exact) mass is 89.1 g/mol. The van der Waals surface area contributed by atoms with Gasteiger partial charge < -0.3 is 0 Å². The van der Waals surface area contributed by atoms with Gasteiger partial charge in [-0.15, -0.1) is 0 Å². The molecule has 7 heavy (non-hydrogen) atoms. The van der Waals surface area contributed by atoms with E-state index in [2.05, 4.69) is 4.99 Å². The Hall–Kier alpha value is -0.460. The lowest BCUT2D eigenvalue weighted by atomic mass is 9.31. The summed E-state index contributed by atoms with van der Waals surface area (Å²) >= 11 is 0. The third kappa shape index (κ3) is 0.763. The van der Waals surface area contributed by atoms with E-state index in [-0.39, 0.29) is 6.60 Å². The van der Waals surface area contributed by atoms with Crippen molar-refractivity contribution in [3.63, 3.8) is 0 Å². The largest absolute Gasteiger partial charge is 0.277 e. The van der Waals surface area contributed by atoms with Crippen LogP contribution in [0.4, 0.5) is 0 Å². The molecule has 0 N–H and O–H groups in total. The molecule has 0 unspecified atom stereocenters. The molecule has 0 spiro atoms. The van der Waals surface area contributed by atoms with E-state index >= 15 is 0 Å². The average Bonchev–Trinajstić information content (AvgIpc) is 1.91. The van der Waals surface area contributed by atoms with Crippen LogP contribution in [0.3, 0.4) is 0 Å². The molecule has 1 aliphatic rings. The molecule has 0 aromatic rings. The predicted molar refractivity (Wildman–Crippen MR) is 33.8 cm³/mol. The molecule has 0 atom stereocenters. The van der Waals surface area contributed by atoms with Crippen molar-refractivity contribution in [1.29, 1.82) is 0 Å². The van der Waals surface area contributed by atoms with Gasteiger partial charge in [-0.1, -0.05) is 5.98 Å². The van der Waals surface area contributed by atoms with Gasteiger partial charge in [0, 0.05) is 13.9 Å². The van der Waals surface area contributed by atoms with Crippen LogP contribution in [0, 0.1) is 0 Å². The van der Waals surface area contributed by atoms with E-state index in [1.807, 2.05) is 12.9 Å². The van der Waals surface area contributed by atoms with Gasteiger partial charge in [-0.25, -0.2) is 0 Å². The molecule has 1 nitrogen and oxygen atoms in total. The van der Waals surface area contributed by atoms with Crippen LogP contribution in [0.5, 0.6) is 0 Å². The van der Waals surface area contributed by atoms with Crippen molar-refractivity contribution < 1.29 is 0 Å². The van der Waals surface area contributed by atoms with Crippen molar-refractivity contribution in [3.8, 4) is 0 Å². The van der Waals surface area contributed by atoms with Crippen LogP contribution in [0.1, 0.15) is 6.92 Å². The summed E-state index contributed by atoms with van der Waals surface area (Å²) in [5.74, 6) is 1.87. The highest BCUT2D eigenvalue weighted by Crippen LogP contribution is 1.94. The number of rotatable bonds is 0. The Kier molecular flexibility index (Phi) is 1.05. The number of hydrogen-bond acceptors (Lipinski definition) is 1. The van der Waals surface area contributed by atoms with Gasteiger partial charge in [0.05, 0.1) is 0 Å². The van der Waals surface area contributed by atoms with E-state index in [1.54, 1.807) is 6.20 Å². The third-order valence-corrected chi connectivity index (χ3v) is 1.05. The van der Waals surface area contributed by atoms with Gasteiger partial charge in [0.25, 0.3) is 0 Å². The van der Waals surface area contributed by atoms with Gasteiger partial charge in [0.2, 0.25) is 0 Å². The number of aliphatic imine (C=N–C) groups is 1. The fourth-order valence-corrected chi connectivity index (χ4v) is 0.479. The molecule has 0 fully saturated rings. The second-order valence-electron chi connectivity index (χ2n) is 1.64. The zero-order chi connectivity index (χ0) is 5.28. The summed E-state index contributed by atoms with van der Waals surface area (Å²) in [5, 5.41) is 0. The molecule has 1 heterocycles. The Morgan fingerprint density at radius 2 is 2.57 bits per heavy atom. The highest BCUT2D eigenvalue weighted by Gasteiger charge is 2.07. The molecule has 0 aromatic carbocycles. The minimum Gasteiger partial charge on any atom is -0.277 e. The number of nitrogens with zero attached hydrogens (tertiary/aromatic N) is 1. The van der Waals surface area contributed by atoms with Crippen molar-refractivity contribution in [3.05, 3.63) is 12.2 Å². The highest BCUT2D eigenvalue weighted by atomic mass is 14.7. The minimum atomic E-state index is 0.0833. The van der Waals surface area contributed by atoms with E-state index < -0.39 is 0 Å². The molecular formula is C4H5B2N. The normalized spacial score (nSPS) is 17.9. The number of hydrogen-bond donors (Lipinski definition) is 0. The van der Waals surface area contributed by atoms with Gasteiger partial charge in [-0.05, 0) is 12.5 Å². The maximum atomic E-state index is 5.46. The molecule has 0 amide bonds.